The fourth-order valence-electron chi connectivity index (χ4n) is 3.46. The van der Waals surface area contributed by atoms with Crippen LogP contribution in [-0.2, 0) is 22.1 Å². The number of anilines is 1. The molecule has 0 aliphatic carbocycles. The molecule has 0 unspecified atom stereocenters. The van der Waals surface area contributed by atoms with Crippen LogP contribution in [0.4, 0.5) is 5.69 Å². The highest BCUT2D eigenvalue weighted by Crippen LogP contribution is 2.22. The molecule has 3 aromatic rings. The number of benzene rings is 2. The van der Waals surface area contributed by atoms with Gasteiger partial charge < -0.3 is 10.3 Å². The number of aryl methyl sites for hydroxylation is 1. The first-order chi connectivity index (χ1) is 13.5. The van der Waals surface area contributed by atoms with E-state index in [0.717, 1.165) is 30.4 Å². The Hall–Kier alpha value is -2.34. The van der Waals surface area contributed by atoms with Gasteiger partial charge in [0.05, 0.1) is 15.9 Å². The van der Waals surface area contributed by atoms with Gasteiger partial charge in [-0.15, -0.1) is 0 Å². The summed E-state index contributed by atoms with van der Waals surface area (Å²) in [7, 11) is -3.48. The average molecular weight is 400 g/mol. The monoisotopic (exact) mass is 399 g/mol. The van der Waals surface area contributed by atoms with Gasteiger partial charge in [-0.25, -0.2) is 13.4 Å². The maximum atomic E-state index is 12.9. The van der Waals surface area contributed by atoms with E-state index >= 15 is 0 Å². The Labute approximate surface area is 167 Å². The highest BCUT2D eigenvalue weighted by Gasteiger charge is 2.20. The number of hydrogen-bond acceptors (Lipinski definition) is 4. The SMILES string of the molecule is CCCCCCCCn1c(CS(=O)(=O)c2ccc(N)cc2)nc2ccccc21. The number of nitrogen functional groups attached to an aromatic ring is 1. The zero-order chi connectivity index (χ0) is 20.0. The third kappa shape index (κ3) is 4.93. The number of imidazole rings is 1. The fourth-order valence-corrected chi connectivity index (χ4v) is 4.74. The van der Waals surface area contributed by atoms with Crippen LogP contribution in [0.25, 0.3) is 11.0 Å². The molecule has 0 aliphatic heterocycles. The second kappa shape index (κ2) is 9.24. The van der Waals surface area contributed by atoms with Crippen molar-refractivity contribution < 1.29 is 8.42 Å². The van der Waals surface area contributed by atoms with E-state index in [1.807, 2.05) is 24.3 Å². The minimum absolute atomic E-state index is 0.110. The summed E-state index contributed by atoms with van der Waals surface area (Å²) in [6, 6.07) is 14.2. The first-order valence-electron chi connectivity index (χ1n) is 10.0. The molecule has 0 atom stereocenters. The summed E-state index contributed by atoms with van der Waals surface area (Å²) in [6.07, 6.45) is 7.17. The zero-order valence-electron chi connectivity index (χ0n) is 16.5. The second-order valence-corrected chi connectivity index (χ2v) is 9.25. The van der Waals surface area contributed by atoms with Gasteiger partial charge in [-0.2, -0.15) is 0 Å². The molecule has 0 spiro atoms. The fraction of sp³-hybridized carbons (Fsp3) is 0.409. The molecule has 1 heterocycles. The molecule has 2 N–H and O–H groups in total. The predicted octanol–water partition coefficient (Wildman–Crippen LogP) is 4.95. The Morgan fingerprint density at radius 3 is 2.36 bits per heavy atom. The molecule has 0 amide bonds. The first kappa shape index (κ1) is 20.4. The van der Waals surface area contributed by atoms with Crippen LogP contribution >= 0.6 is 0 Å². The third-order valence-corrected chi connectivity index (χ3v) is 6.66. The summed E-state index contributed by atoms with van der Waals surface area (Å²) in [6.45, 7) is 3.00. The van der Waals surface area contributed by atoms with Gasteiger partial charge in [0.25, 0.3) is 0 Å². The number of fused-ring (bicyclic) bond motifs is 1. The minimum atomic E-state index is -3.48. The van der Waals surface area contributed by atoms with Crippen molar-refractivity contribution in [3.05, 3.63) is 54.4 Å². The van der Waals surface area contributed by atoms with Crippen molar-refractivity contribution in [1.29, 1.82) is 0 Å². The number of hydrogen-bond donors (Lipinski definition) is 1. The van der Waals surface area contributed by atoms with Crippen molar-refractivity contribution in [2.45, 2.75) is 62.6 Å². The molecule has 0 saturated carbocycles. The molecule has 1 aromatic heterocycles. The van der Waals surface area contributed by atoms with Gasteiger partial charge in [0.15, 0.2) is 9.84 Å². The third-order valence-electron chi connectivity index (χ3n) is 5.03. The summed E-state index contributed by atoms with van der Waals surface area (Å²) in [5, 5.41) is 0. The van der Waals surface area contributed by atoms with Gasteiger partial charge in [-0.05, 0) is 42.8 Å². The van der Waals surface area contributed by atoms with Crippen molar-refractivity contribution in [3.8, 4) is 0 Å². The van der Waals surface area contributed by atoms with E-state index < -0.39 is 9.84 Å². The molecule has 3 rings (SSSR count). The van der Waals surface area contributed by atoms with E-state index in [9.17, 15) is 8.42 Å². The Kier molecular flexibility index (Phi) is 6.73. The van der Waals surface area contributed by atoms with E-state index in [1.54, 1.807) is 24.3 Å². The topological polar surface area (TPSA) is 78.0 Å². The molecule has 28 heavy (non-hydrogen) atoms. The van der Waals surface area contributed by atoms with Crippen LogP contribution in [-0.4, -0.2) is 18.0 Å². The molecule has 5 nitrogen and oxygen atoms in total. The van der Waals surface area contributed by atoms with Crippen LogP contribution in [0.2, 0.25) is 0 Å². The van der Waals surface area contributed by atoms with Crippen LogP contribution < -0.4 is 5.73 Å². The number of nitrogens with two attached hydrogens (primary N) is 1. The predicted molar refractivity (Wildman–Crippen MR) is 115 cm³/mol. The van der Waals surface area contributed by atoms with Crippen molar-refractivity contribution in [2.75, 3.05) is 5.73 Å². The van der Waals surface area contributed by atoms with Crippen LogP contribution in [0.5, 0.6) is 0 Å². The lowest BCUT2D eigenvalue weighted by Gasteiger charge is -2.10. The molecule has 150 valence electrons. The summed E-state index contributed by atoms with van der Waals surface area (Å²) in [5.41, 5.74) is 8.08. The van der Waals surface area contributed by atoms with E-state index in [1.165, 1.54) is 25.7 Å². The van der Waals surface area contributed by atoms with Crippen molar-refractivity contribution >= 4 is 26.6 Å². The lowest BCUT2D eigenvalue weighted by molar-refractivity contribution is 0.553. The van der Waals surface area contributed by atoms with E-state index in [2.05, 4.69) is 16.5 Å². The van der Waals surface area contributed by atoms with Gasteiger partial charge in [0.1, 0.15) is 11.6 Å². The Balaban J connectivity index is 1.81. The summed E-state index contributed by atoms with van der Waals surface area (Å²) >= 11 is 0. The molecule has 0 bridgehead atoms. The largest absolute Gasteiger partial charge is 0.399 e. The molecule has 0 radical (unpaired) electrons. The number of para-hydroxylation sites is 2. The van der Waals surface area contributed by atoms with Crippen molar-refractivity contribution in [1.82, 2.24) is 9.55 Å². The van der Waals surface area contributed by atoms with E-state index in [-0.39, 0.29) is 10.6 Å². The summed E-state index contributed by atoms with van der Waals surface area (Å²) < 4.78 is 27.9. The summed E-state index contributed by atoms with van der Waals surface area (Å²) in [4.78, 5) is 4.91. The Bertz CT molecular complexity index is 1010. The van der Waals surface area contributed by atoms with Gasteiger partial charge in [-0.3, -0.25) is 0 Å². The van der Waals surface area contributed by atoms with Crippen LogP contribution in [0.1, 0.15) is 51.3 Å². The van der Waals surface area contributed by atoms with Crippen molar-refractivity contribution in [2.24, 2.45) is 0 Å². The minimum Gasteiger partial charge on any atom is -0.399 e. The lowest BCUT2D eigenvalue weighted by atomic mass is 10.1. The highest BCUT2D eigenvalue weighted by atomic mass is 32.2. The number of aromatic nitrogens is 2. The molecule has 0 saturated heterocycles. The summed E-state index contributed by atoms with van der Waals surface area (Å²) in [5.74, 6) is 0.494. The van der Waals surface area contributed by atoms with Gasteiger partial charge in [0, 0.05) is 12.2 Å². The number of rotatable bonds is 10. The number of nitrogens with zero attached hydrogens (tertiary/aromatic N) is 2. The number of sulfone groups is 1. The maximum absolute atomic E-state index is 12.9. The van der Waals surface area contributed by atoms with Gasteiger partial charge >= 0.3 is 0 Å². The Morgan fingerprint density at radius 1 is 0.929 bits per heavy atom. The standard InChI is InChI=1S/C22H29N3O2S/c1-2-3-4-5-6-9-16-25-21-11-8-7-10-20(21)24-22(25)17-28(26,27)19-14-12-18(23)13-15-19/h7-8,10-15H,2-6,9,16-17,23H2,1H3. The molecular formula is C22H29N3O2S. The van der Waals surface area contributed by atoms with E-state index in [0.29, 0.717) is 11.5 Å². The van der Waals surface area contributed by atoms with Crippen molar-refractivity contribution in [3.63, 3.8) is 0 Å². The smallest absolute Gasteiger partial charge is 0.185 e. The molecule has 2 aromatic carbocycles. The lowest BCUT2D eigenvalue weighted by Crippen LogP contribution is -2.11. The molecule has 0 fully saturated rings. The second-order valence-electron chi connectivity index (χ2n) is 7.26. The Morgan fingerprint density at radius 2 is 1.61 bits per heavy atom. The quantitative estimate of drug-likeness (QED) is 0.386. The zero-order valence-corrected chi connectivity index (χ0v) is 17.3. The molecule has 6 heteroatoms. The molecular weight excluding hydrogens is 370 g/mol. The van der Waals surface area contributed by atoms with Crippen LogP contribution in [0.3, 0.4) is 0 Å². The number of unbranched alkanes of at least 4 members (excludes halogenated alkanes) is 5. The van der Waals surface area contributed by atoms with Crippen LogP contribution in [0.15, 0.2) is 53.4 Å². The average Bonchev–Trinajstić information content (AvgIpc) is 3.01. The normalized spacial score (nSPS) is 11.9. The first-order valence-corrected chi connectivity index (χ1v) is 11.7. The van der Waals surface area contributed by atoms with E-state index in [4.69, 9.17) is 5.73 Å². The maximum Gasteiger partial charge on any atom is 0.185 e. The van der Waals surface area contributed by atoms with Crippen LogP contribution in [0, 0.1) is 0 Å². The highest BCUT2D eigenvalue weighted by molar-refractivity contribution is 7.90. The van der Waals surface area contributed by atoms with Gasteiger partial charge in [0.2, 0.25) is 0 Å². The van der Waals surface area contributed by atoms with Gasteiger partial charge in [-0.1, -0.05) is 51.2 Å². The molecule has 0 aliphatic rings.